The number of thioether (sulfide) groups is 1. The van der Waals surface area contributed by atoms with E-state index in [2.05, 4.69) is 22.8 Å². The highest BCUT2D eigenvalue weighted by Gasteiger charge is 2.19. The number of urea groups is 1. The molecule has 3 N–H and O–H groups in total. The maximum Gasteiger partial charge on any atom is 0.326 e. The van der Waals surface area contributed by atoms with Crippen LogP contribution in [0.2, 0.25) is 0 Å². The summed E-state index contributed by atoms with van der Waals surface area (Å²) in [5.74, 6) is 0.194. The summed E-state index contributed by atoms with van der Waals surface area (Å²) in [7, 11) is 0. The normalized spacial score (nSPS) is 19.7. The first kappa shape index (κ1) is 15.9. The topological polar surface area (TPSA) is 78.4 Å². The molecule has 1 rings (SSSR count). The first-order valence-corrected chi connectivity index (χ1v) is 7.94. The monoisotopic (exact) mass is 286 g/mol. The molecule has 2 unspecified atom stereocenters. The van der Waals surface area contributed by atoms with Crippen molar-refractivity contribution in [3.05, 3.63) is 12.2 Å². The quantitative estimate of drug-likeness (QED) is 0.624. The molecule has 6 heteroatoms. The number of carbonyl (C=O) groups is 2. The second kappa shape index (κ2) is 8.85. The highest BCUT2D eigenvalue weighted by molar-refractivity contribution is 7.98. The third-order valence-electron chi connectivity index (χ3n) is 3.14. The zero-order chi connectivity index (χ0) is 14.1. The van der Waals surface area contributed by atoms with Crippen LogP contribution in [0.1, 0.15) is 25.7 Å². The lowest BCUT2D eigenvalue weighted by Crippen LogP contribution is -2.47. The Morgan fingerprint density at radius 2 is 2.26 bits per heavy atom. The average Bonchev–Trinajstić information content (AvgIpc) is 2.42. The summed E-state index contributed by atoms with van der Waals surface area (Å²) >= 11 is 1.57. The zero-order valence-electron chi connectivity index (χ0n) is 11.2. The van der Waals surface area contributed by atoms with Crippen molar-refractivity contribution in [3.63, 3.8) is 0 Å². The fourth-order valence-corrected chi connectivity index (χ4v) is 2.45. The Morgan fingerprint density at radius 3 is 2.84 bits per heavy atom. The molecule has 0 bridgehead atoms. The molecule has 0 fully saturated rings. The van der Waals surface area contributed by atoms with Gasteiger partial charge in [0.1, 0.15) is 6.04 Å². The van der Waals surface area contributed by atoms with E-state index in [1.165, 1.54) is 0 Å². The number of allylic oxidation sites excluding steroid dienone is 2. The number of amides is 2. The summed E-state index contributed by atoms with van der Waals surface area (Å²) in [4.78, 5) is 22.6. The van der Waals surface area contributed by atoms with E-state index in [9.17, 15) is 9.59 Å². The lowest BCUT2D eigenvalue weighted by Gasteiger charge is -2.19. The molecule has 0 saturated heterocycles. The van der Waals surface area contributed by atoms with Crippen LogP contribution in [0.25, 0.3) is 0 Å². The Hall–Kier alpha value is -1.17. The standard InChI is InChI=1S/C13H22N2O3S/c1-19-8-7-11(12(16)17)15-13(18)14-9-10-5-3-2-4-6-10/h2-3,10-11H,4-9H2,1H3,(H,16,17)(H2,14,15,18). The first-order valence-electron chi connectivity index (χ1n) is 6.54. The van der Waals surface area contributed by atoms with Gasteiger partial charge >= 0.3 is 12.0 Å². The van der Waals surface area contributed by atoms with Crippen LogP contribution >= 0.6 is 11.8 Å². The van der Waals surface area contributed by atoms with Gasteiger partial charge in [0, 0.05) is 6.54 Å². The van der Waals surface area contributed by atoms with Gasteiger partial charge in [0.25, 0.3) is 0 Å². The highest BCUT2D eigenvalue weighted by Crippen LogP contribution is 2.16. The van der Waals surface area contributed by atoms with Gasteiger partial charge in [0.05, 0.1) is 0 Å². The van der Waals surface area contributed by atoms with Crippen molar-refractivity contribution in [1.29, 1.82) is 0 Å². The summed E-state index contributed by atoms with van der Waals surface area (Å²) < 4.78 is 0. The molecule has 19 heavy (non-hydrogen) atoms. The minimum Gasteiger partial charge on any atom is -0.480 e. The molecule has 2 atom stereocenters. The molecule has 5 nitrogen and oxygen atoms in total. The van der Waals surface area contributed by atoms with Crippen LogP contribution in [0, 0.1) is 5.92 Å². The Morgan fingerprint density at radius 1 is 1.47 bits per heavy atom. The molecule has 0 radical (unpaired) electrons. The predicted octanol–water partition coefficient (Wildman–Crippen LogP) is 1.85. The van der Waals surface area contributed by atoms with Crippen molar-refractivity contribution >= 4 is 23.8 Å². The van der Waals surface area contributed by atoms with Gasteiger partial charge in [-0.2, -0.15) is 11.8 Å². The van der Waals surface area contributed by atoms with Crippen LogP contribution in [0.15, 0.2) is 12.2 Å². The molecule has 108 valence electrons. The van der Waals surface area contributed by atoms with Crippen molar-refractivity contribution in [1.82, 2.24) is 10.6 Å². The second-order valence-electron chi connectivity index (χ2n) is 4.68. The van der Waals surface area contributed by atoms with Gasteiger partial charge in [-0.15, -0.1) is 0 Å². The van der Waals surface area contributed by atoms with E-state index in [1.54, 1.807) is 11.8 Å². The summed E-state index contributed by atoms with van der Waals surface area (Å²) in [6.07, 6.45) is 9.75. The molecule has 0 saturated carbocycles. The third kappa shape index (κ3) is 6.52. The van der Waals surface area contributed by atoms with Crippen LogP contribution in [-0.2, 0) is 4.79 Å². The second-order valence-corrected chi connectivity index (χ2v) is 5.66. The molecule has 0 aromatic carbocycles. The smallest absolute Gasteiger partial charge is 0.326 e. The fraction of sp³-hybridized carbons (Fsp3) is 0.692. The lowest BCUT2D eigenvalue weighted by atomic mass is 9.94. The summed E-state index contributed by atoms with van der Waals surface area (Å²) in [5, 5.41) is 14.3. The highest BCUT2D eigenvalue weighted by atomic mass is 32.2. The molecule has 0 aromatic rings. The Labute approximate surface area is 118 Å². The third-order valence-corrected chi connectivity index (χ3v) is 3.79. The average molecular weight is 286 g/mol. The van der Waals surface area contributed by atoms with E-state index in [1.807, 2.05) is 6.26 Å². The minimum atomic E-state index is -0.982. The van der Waals surface area contributed by atoms with Gasteiger partial charge in [0.2, 0.25) is 0 Å². The number of rotatable bonds is 7. The summed E-state index contributed by atoms with van der Waals surface area (Å²) in [6, 6.07) is -1.19. The first-order chi connectivity index (χ1) is 9.13. The van der Waals surface area contributed by atoms with Gasteiger partial charge in [-0.1, -0.05) is 12.2 Å². The predicted molar refractivity (Wildman–Crippen MR) is 77.4 cm³/mol. The van der Waals surface area contributed by atoms with Gasteiger partial charge in [-0.25, -0.2) is 9.59 Å². The molecule has 0 spiro atoms. The fourth-order valence-electron chi connectivity index (χ4n) is 1.98. The van der Waals surface area contributed by atoms with Crippen molar-refractivity contribution in [2.75, 3.05) is 18.6 Å². The van der Waals surface area contributed by atoms with E-state index in [0.717, 1.165) is 19.3 Å². The summed E-state index contributed by atoms with van der Waals surface area (Å²) in [6.45, 7) is 0.602. The molecule has 0 heterocycles. The van der Waals surface area contributed by atoms with Crippen molar-refractivity contribution in [3.8, 4) is 0 Å². The molecule has 1 aliphatic carbocycles. The molecule has 0 aromatic heterocycles. The molecule has 1 aliphatic rings. The van der Waals surface area contributed by atoms with Gasteiger partial charge in [-0.05, 0) is 43.6 Å². The molecular weight excluding hydrogens is 264 g/mol. The number of hydrogen-bond donors (Lipinski definition) is 3. The number of aliphatic carboxylic acids is 1. The van der Waals surface area contributed by atoms with E-state index >= 15 is 0 Å². The van der Waals surface area contributed by atoms with Crippen LogP contribution in [0.3, 0.4) is 0 Å². The van der Waals surface area contributed by atoms with E-state index < -0.39 is 12.0 Å². The van der Waals surface area contributed by atoms with Crippen LogP contribution in [0.4, 0.5) is 4.79 Å². The molecular formula is C13H22N2O3S. The van der Waals surface area contributed by atoms with Crippen LogP contribution in [-0.4, -0.2) is 41.7 Å². The van der Waals surface area contributed by atoms with Gasteiger partial charge < -0.3 is 15.7 Å². The summed E-state index contributed by atoms with van der Waals surface area (Å²) in [5.41, 5.74) is 0. The van der Waals surface area contributed by atoms with Crippen molar-refractivity contribution < 1.29 is 14.7 Å². The van der Waals surface area contributed by atoms with E-state index in [4.69, 9.17) is 5.11 Å². The Kier molecular flexibility index (Phi) is 7.40. The van der Waals surface area contributed by atoms with Crippen molar-refractivity contribution in [2.24, 2.45) is 5.92 Å². The largest absolute Gasteiger partial charge is 0.480 e. The number of nitrogens with one attached hydrogen (secondary N) is 2. The number of carbonyl (C=O) groups excluding carboxylic acids is 1. The van der Waals surface area contributed by atoms with Crippen molar-refractivity contribution in [2.45, 2.75) is 31.7 Å². The Balaban J connectivity index is 2.27. The maximum atomic E-state index is 11.7. The number of carboxylic acid groups (broad SMARTS) is 1. The van der Waals surface area contributed by atoms with E-state index in [-0.39, 0.29) is 6.03 Å². The van der Waals surface area contributed by atoms with Gasteiger partial charge in [-0.3, -0.25) is 0 Å². The number of hydrogen-bond acceptors (Lipinski definition) is 3. The molecule has 0 aliphatic heterocycles. The zero-order valence-corrected chi connectivity index (χ0v) is 12.0. The van der Waals surface area contributed by atoms with Crippen LogP contribution in [0.5, 0.6) is 0 Å². The lowest BCUT2D eigenvalue weighted by molar-refractivity contribution is -0.139. The molecule has 2 amide bonds. The van der Waals surface area contributed by atoms with E-state index in [0.29, 0.717) is 24.6 Å². The SMILES string of the molecule is CSCCC(NC(=O)NCC1CC=CCC1)C(=O)O. The number of carboxylic acids is 1. The van der Waals surface area contributed by atoms with Gasteiger partial charge in [0.15, 0.2) is 0 Å². The van der Waals surface area contributed by atoms with Crippen LogP contribution < -0.4 is 10.6 Å². The Bertz CT molecular complexity index is 334. The maximum absolute atomic E-state index is 11.7. The minimum absolute atomic E-state index is 0.386.